The summed E-state index contributed by atoms with van der Waals surface area (Å²) in [5.41, 5.74) is 2.58. The third-order valence-electron chi connectivity index (χ3n) is 3.30. The topological polar surface area (TPSA) is 57.1 Å². The highest BCUT2D eigenvalue weighted by molar-refractivity contribution is 6.30. The predicted molar refractivity (Wildman–Crippen MR) is 97.3 cm³/mol. The van der Waals surface area contributed by atoms with Gasteiger partial charge in [0.05, 0.1) is 26.7 Å². The highest BCUT2D eigenvalue weighted by Crippen LogP contribution is 2.20. The highest BCUT2D eigenvalue weighted by atomic mass is 35.5. The van der Waals surface area contributed by atoms with Crippen molar-refractivity contribution in [2.75, 3.05) is 14.2 Å². The molecule has 0 aliphatic carbocycles. The van der Waals surface area contributed by atoms with Gasteiger partial charge in [0.15, 0.2) is 0 Å². The molecule has 0 saturated carbocycles. The van der Waals surface area contributed by atoms with E-state index in [0.29, 0.717) is 28.3 Å². The van der Waals surface area contributed by atoms with E-state index < -0.39 is 5.97 Å². The summed E-state index contributed by atoms with van der Waals surface area (Å²) in [5.74, 6) is -0.496. The zero-order chi connectivity index (χ0) is 18.1. The zero-order valence-corrected chi connectivity index (χ0v) is 14.7. The van der Waals surface area contributed by atoms with E-state index in [4.69, 9.17) is 25.9 Å². The molecule has 0 fully saturated rings. The number of carbonyl (C=O) groups excluding carboxylic acids is 1. The molecule has 0 unspecified atom stereocenters. The summed E-state index contributed by atoms with van der Waals surface area (Å²) in [6, 6.07) is 14.6. The summed E-state index contributed by atoms with van der Waals surface area (Å²) < 4.78 is 9.77. The van der Waals surface area contributed by atoms with Crippen molar-refractivity contribution in [2.24, 2.45) is 5.16 Å². The number of carbonyl (C=O) groups is 1. The van der Waals surface area contributed by atoms with Gasteiger partial charge in [-0.3, -0.25) is 0 Å². The monoisotopic (exact) mass is 359 g/mol. The average molecular weight is 360 g/mol. The first kappa shape index (κ1) is 18.5. The van der Waals surface area contributed by atoms with Gasteiger partial charge in [-0.15, -0.1) is 0 Å². The zero-order valence-electron chi connectivity index (χ0n) is 13.9. The molecule has 2 rings (SSSR count). The van der Waals surface area contributed by atoms with Crippen LogP contribution in [0.5, 0.6) is 0 Å². The number of hydrogen-bond donors (Lipinski definition) is 0. The Morgan fingerprint density at radius 3 is 2.52 bits per heavy atom. The summed E-state index contributed by atoms with van der Waals surface area (Å²) in [7, 11) is 2.78. The van der Waals surface area contributed by atoms with Crippen LogP contribution in [0.1, 0.15) is 16.7 Å². The lowest BCUT2D eigenvalue weighted by Gasteiger charge is -2.08. The number of halogens is 1. The van der Waals surface area contributed by atoms with E-state index in [9.17, 15) is 4.79 Å². The lowest BCUT2D eigenvalue weighted by Crippen LogP contribution is -2.06. The van der Waals surface area contributed by atoms with Crippen LogP contribution in [0.2, 0.25) is 5.02 Å². The molecule has 0 saturated heterocycles. The standard InChI is InChI=1S/C19H18ClNO4/c1-23-13-18(19(22)24-2)17-6-4-3-5-15(17)11-21-25-12-14-7-9-16(20)10-8-14/h3-11,13H,12H2,1-2H3/b18-13+,21-11?. The molecule has 0 amide bonds. The second-order valence-corrected chi connectivity index (χ2v) is 5.42. The number of esters is 1. The second kappa shape index (κ2) is 9.49. The smallest absolute Gasteiger partial charge is 0.341 e. The number of methoxy groups -OCH3 is 2. The van der Waals surface area contributed by atoms with E-state index >= 15 is 0 Å². The number of rotatable bonds is 7. The van der Waals surface area contributed by atoms with Crippen molar-refractivity contribution >= 4 is 29.4 Å². The predicted octanol–water partition coefficient (Wildman–Crippen LogP) is 4.05. The van der Waals surface area contributed by atoms with Gasteiger partial charge in [0.25, 0.3) is 0 Å². The molecule has 25 heavy (non-hydrogen) atoms. The summed E-state index contributed by atoms with van der Waals surface area (Å²) in [4.78, 5) is 17.2. The van der Waals surface area contributed by atoms with Crippen LogP contribution < -0.4 is 0 Å². The second-order valence-electron chi connectivity index (χ2n) is 4.98. The minimum absolute atomic E-state index is 0.296. The van der Waals surface area contributed by atoms with E-state index in [0.717, 1.165) is 5.56 Å². The maximum Gasteiger partial charge on any atom is 0.341 e. The summed E-state index contributed by atoms with van der Waals surface area (Å²) in [5, 5.41) is 4.64. The van der Waals surface area contributed by atoms with Crippen molar-refractivity contribution in [1.82, 2.24) is 0 Å². The first-order valence-corrected chi connectivity index (χ1v) is 7.84. The van der Waals surface area contributed by atoms with Crippen LogP contribution in [0.15, 0.2) is 59.9 Å². The summed E-state index contributed by atoms with van der Waals surface area (Å²) in [6.45, 7) is 0.313. The van der Waals surface area contributed by atoms with Crippen LogP contribution in [0.3, 0.4) is 0 Å². The Morgan fingerprint density at radius 2 is 1.84 bits per heavy atom. The Balaban J connectivity index is 2.12. The first-order chi connectivity index (χ1) is 12.2. The van der Waals surface area contributed by atoms with Crippen LogP contribution in [0.4, 0.5) is 0 Å². The number of hydrogen-bond acceptors (Lipinski definition) is 5. The minimum Gasteiger partial charge on any atom is -0.503 e. The van der Waals surface area contributed by atoms with Crippen molar-refractivity contribution < 1.29 is 19.1 Å². The van der Waals surface area contributed by atoms with Crippen LogP contribution >= 0.6 is 11.6 Å². The van der Waals surface area contributed by atoms with Crippen LogP contribution in [-0.4, -0.2) is 26.4 Å². The number of benzene rings is 2. The fourth-order valence-electron chi connectivity index (χ4n) is 2.09. The molecule has 2 aromatic rings. The van der Waals surface area contributed by atoms with E-state index in [1.54, 1.807) is 18.2 Å². The van der Waals surface area contributed by atoms with Gasteiger partial charge in [-0.05, 0) is 17.7 Å². The molecule has 0 radical (unpaired) electrons. The first-order valence-electron chi connectivity index (χ1n) is 7.46. The molecule has 0 atom stereocenters. The van der Waals surface area contributed by atoms with Crippen molar-refractivity contribution in [3.63, 3.8) is 0 Å². The van der Waals surface area contributed by atoms with E-state index in [1.165, 1.54) is 26.7 Å². The molecule has 2 aromatic carbocycles. The fourth-order valence-corrected chi connectivity index (χ4v) is 2.22. The van der Waals surface area contributed by atoms with Gasteiger partial charge in [0, 0.05) is 16.1 Å². The van der Waals surface area contributed by atoms with E-state index in [-0.39, 0.29) is 0 Å². The molecule has 0 aromatic heterocycles. The highest BCUT2D eigenvalue weighted by Gasteiger charge is 2.15. The van der Waals surface area contributed by atoms with Crippen molar-refractivity contribution in [2.45, 2.75) is 6.61 Å². The molecule has 0 aliphatic heterocycles. The quantitative estimate of drug-likeness (QED) is 0.246. The van der Waals surface area contributed by atoms with Crippen LogP contribution in [-0.2, 0) is 25.7 Å². The summed E-state index contributed by atoms with van der Waals surface area (Å²) >= 11 is 5.84. The molecule has 0 N–H and O–H groups in total. The van der Waals surface area contributed by atoms with E-state index in [1.807, 2.05) is 30.3 Å². The third kappa shape index (κ3) is 5.36. The molecule has 0 bridgehead atoms. The van der Waals surface area contributed by atoms with Crippen LogP contribution in [0.25, 0.3) is 5.57 Å². The van der Waals surface area contributed by atoms with Crippen molar-refractivity contribution in [1.29, 1.82) is 0 Å². The van der Waals surface area contributed by atoms with Crippen LogP contribution in [0, 0.1) is 0 Å². The van der Waals surface area contributed by atoms with Crippen molar-refractivity contribution in [3.05, 3.63) is 76.5 Å². The van der Waals surface area contributed by atoms with Gasteiger partial charge in [-0.25, -0.2) is 4.79 Å². The molecular formula is C19H18ClNO4. The van der Waals surface area contributed by atoms with Gasteiger partial charge < -0.3 is 14.3 Å². The number of oxime groups is 1. The fraction of sp³-hybridized carbons (Fsp3) is 0.158. The Kier molecular flexibility index (Phi) is 7.04. The lowest BCUT2D eigenvalue weighted by atomic mass is 10.0. The maximum atomic E-state index is 11.9. The van der Waals surface area contributed by atoms with Gasteiger partial charge >= 0.3 is 5.97 Å². The number of ether oxygens (including phenoxy) is 2. The molecule has 6 heteroatoms. The SMILES string of the molecule is CO/C=C(/C(=O)OC)c1ccccc1C=NOCc1ccc(Cl)cc1. The van der Waals surface area contributed by atoms with Crippen molar-refractivity contribution in [3.8, 4) is 0 Å². The molecule has 5 nitrogen and oxygen atoms in total. The average Bonchev–Trinajstić information content (AvgIpc) is 2.64. The normalized spacial score (nSPS) is 11.4. The number of nitrogens with zero attached hydrogens (tertiary/aromatic N) is 1. The van der Waals surface area contributed by atoms with Gasteiger partial charge in [0.2, 0.25) is 0 Å². The molecule has 130 valence electrons. The Hall–Kier alpha value is -2.79. The molecule has 0 spiro atoms. The van der Waals surface area contributed by atoms with Gasteiger partial charge in [-0.2, -0.15) is 0 Å². The van der Waals surface area contributed by atoms with Gasteiger partial charge in [0.1, 0.15) is 12.2 Å². The lowest BCUT2D eigenvalue weighted by molar-refractivity contribution is -0.133. The molecule has 0 heterocycles. The molecule has 0 aliphatic rings. The summed E-state index contributed by atoms with van der Waals surface area (Å²) in [6.07, 6.45) is 2.88. The Bertz CT molecular complexity index is 769. The Labute approximate surface area is 151 Å². The Morgan fingerprint density at radius 1 is 1.12 bits per heavy atom. The third-order valence-corrected chi connectivity index (χ3v) is 3.55. The largest absolute Gasteiger partial charge is 0.503 e. The minimum atomic E-state index is -0.496. The maximum absolute atomic E-state index is 11.9. The van der Waals surface area contributed by atoms with E-state index in [2.05, 4.69) is 5.16 Å². The van der Waals surface area contributed by atoms with Gasteiger partial charge in [-0.1, -0.05) is 53.2 Å². The molecular weight excluding hydrogens is 342 g/mol.